The second-order valence-corrected chi connectivity index (χ2v) is 2.06. The molecule has 0 aromatic heterocycles. The average molecular weight is 153 g/mol. The summed E-state index contributed by atoms with van der Waals surface area (Å²) in [7, 11) is 0. The number of hydrogen-bond acceptors (Lipinski definition) is 0. The van der Waals surface area contributed by atoms with Gasteiger partial charge in [-0.3, -0.25) is 0 Å². The van der Waals surface area contributed by atoms with Crippen molar-refractivity contribution in [3.8, 4) is 0 Å². The normalized spacial score (nSPS) is 7.20. The fourth-order valence-corrected chi connectivity index (χ4v) is 0.427. The van der Waals surface area contributed by atoms with Crippen LogP contribution in [0, 0.1) is 13.8 Å². The standard InChI is InChI=1S/C6H13.C3H7.Mg/c1-3-5-6-4-2;1-3-2;/h1,3-6H2,2H3;1,3H2,2H3;/q2*-1;+2. The summed E-state index contributed by atoms with van der Waals surface area (Å²) in [5.74, 6) is 0. The van der Waals surface area contributed by atoms with Crippen LogP contribution in [0.4, 0.5) is 0 Å². The SMILES string of the molecule is [CH2-]CC.[CH2-]CCCCC.[Mg+2]. The third-order valence-corrected chi connectivity index (χ3v) is 0.854. The second-order valence-electron chi connectivity index (χ2n) is 2.06. The van der Waals surface area contributed by atoms with E-state index in [0.717, 1.165) is 12.8 Å². The van der Waals surface area contributed by atoms with Crippen LogP contribution in [0.1, 0.15) is 46.0 Å². The molecule has 0 nitrogen and oxygen atoms in total. The molecule has 0 spiro atoms. The smallest absolute Gasteiger partial charge is 0.344 e. The Morgan fingerprint density at radius 2 is 1.40 bits per heavy atom. The Kier molecular flexibility index (Phi) is 38.4. The quantitative estimate of drug-likeness (QED) is 0.331. The van der Waals surface area contributed by atoms with E-state index in [0.29, 0.717) is 0 Å². The van der Waals surface area contributed by atoms with Crippen molar-refractivity contribution >= 4 is 23.1 Å². The van der Waals surface area contributed by atoms with Crippen molar-refractivity contribution < 1.29 is 0 Å². The molecule has 0 aliphatic carbocycles. The van der Waals surface area contributed by atoms with Crippen molar-refractivity contribution in [2.75, 3.05) is 0 Å². The van der Waals surface area contributed by atoms with Gasteiger partial charge < -0.3 is 13.8 Å². The Bertz CT molecular complexity index is 23.9. The van der Waals surface area contributed by atoms with Gasteiger partial charge in [-0.05, 0) is 0 Å². The Hall–Kier alpha value is 0.766. The van der Waals surface area contributed by atoms with Gasteiger partial charge in [0.25, 0.3) is 0 Å². The van der Waals surface area contributed by atoms with E-state index < -0.39 is 0 Å². The van der Waals surface area contributed by atoms with E-state index in [1.54, 1.807) is 0 Å². The molecule has 0 amide bonds. The van der Waals surface area contributed by atoms with Crippen LogP contribution in [-0.2, 0) is 0 Å². The van der Waals surface area contributed by atoms with Crippen molar-refractivity contribution in [1.29, 1.82) is 0 Å². The fourth-order valence-electron chi connectivity index (χ4n) is 0.427. The largest absolute Gasteiger partial charge is 2.00 e. The summed E-state index contributed by atoms with van der Waals surface area (Å²) < 4.78 is 0. The molecule has 0 saturated carbocycles. The Labute approximate surface area is 82.9 Å². The third kappa shape index (κ3) is 37.3. The third-order valence-electron chi connectivity index (χ3n) is 0.854. The molecule has 0 aromatic rings. The van der Waals surface area contributed by atoms with E-state index in [9.17, 15) is 0 Å². The average Bonchev–Trinajstić information content (AvgIpc) is 1.86. The van der Waals surface area contributed by atoms with Gasteiger partial charge >= 0.3 is 23.1 Å². The molecular weight excluding hydrogens is 132 g/mol. The molecule has 10 heavy (non-hydrogen) atoms. The first-order chi connectivity index (χ1) is 4.33. The van der Waals surface area contributed by atoms with E-state index in [-0.39, 0.29) is 23.1 Å². The Balaban J connectivity index is -0.000000107. The van der Waals surface area contributed by atoms with Gasteiger partial charge in [-0.15, -0.1) is 0 Å². The van der Waals surface area contributed by atoms with Crippen molar-refractivity contribution in [3.63, 3.8) is 0 Å². The molecule has 0 fully saturated rings. The molecule has 0 atom stereocenters. The maximum absolute atomic E-state index is 3.72. The van der Waals surface area contributed by atoms with Crippen LogP contribution < -0.4 is 0 Å². The van der Waals surface area contributed by atoms with Crippen molar-refractivity contribution in [3.05, 3.63) is 13.8 Å². The van der Waals surface area contributed by atoms with Crippen LogP contribution in [-0.4, -0.2) is 23.1 Å². The molecule has 0 aromatic carbocycles. The van der Waals surface area contributed by atoms with Crippen molar-refractivity contribution in [2.45, 2.75) is 46.0 Å². The zero-order valence-corrected chi connectivity index (χ0v) is 9.07. The number of rotatable bonds is 3. The first-order valence-corrected chi connectivity index (χ1v) is 3.91. The van der Waals surface area contributed by atoms with E-state index in [1.807, 2.05) is 6.92 Å². The minimum Gasteiger partial charge on any atom is -0.344 e. The molecule has 0 aliphatic rings. The van der Waals surface area contributed by atoms with E-state index >= 15 is 0 Å². The van der Waals surface area contributed by atoms with Crippen molar-refractivity contribution in [2.24, 2.45) is 0 Å². The molecule has 1 heteroatoms. The fraction of sp³-hybridized carbons (Fsp3) is 0.778. The first kappa shape index (κ1) is 17.0. The Morgan fingerprint density at radius 1 is 1.00 bits per heavy atom. The minimum atomic E-state index is 0. The van der Waals surface area contributed by atoms with Gasteiger partial charge in [0, 0.05) is 0 Å². The molecule has 0 rings (SSSR count). The molecule has 0 heterocycles. The van der Waals surface area contributed by atoms with Gasteiger partial charge in [-0.25, -0.2) is 0 Å². The summed E-state index contributed by atoms with van der Waals surface area (Å²) in [5, 5.41) is 0. The molecule has 0 aliphatic heterocycles. The monoisotopic (exact) mass is 152 g/mol. The predicted molar refractivity (Wildman–Crippen MR) is 50.9 cm³/mol. The van der Waals surface area contributed by atoms with Crippen LogP contribution in [0.5, 0.6) is 0 Å². The Morgan fingerprint density at radius 3 is 1.50 bits per heavy atom. The maximum Gasteiger partial charge on any atom is 2.00 e. The first-order valence-electron chi connectivity index (χ1n) is 3.91. The van der Waals surface area contributed by atoms with Crippen LogP contribution in [0.2, 0.25) is 0 Å². The molecule has 58 valence electrons. The van der Waals surface area contributed by atoms with Crippen LogP contribution >= 0.6 is 0 Å². The molecule has 0 radical (unpaired) electrons. The molecule has 0 unspecified atom stereocenters. The van der Waals surface area contributed by atoms with Crippen LogP contribution in [0.25, 0.3) is 0 Å². The van der Waals surface area contributed by atoms with Crippen LogP contribution in [0.3, 0.4) is 0 Å². The number of hydrogen-bond donors (Lipinski definition) is 0. The van der Waals surface area contributed by atoms with Gasteiger partial charge in [0.15, 0.2) is 0 Å². The second kappa shape index (κ2) is 22.6. The van der Waals surface area contributed by atoms with Gasteiger partial charge in [-0.2, -0.15) is 12.8 Å². The van der Waals surface area contributed by atoms with Gasteiger partial charge in [0.05, 0.1) is 0 Å². The topological polar surface area (TPSA) is 0 Å². The summed E-state index contributed by atoms with van der Waals surface area (Å²) in [6, 6.07) is 0. The summed E-state index contributed by atoms with van der Waals surface area (Å²) in [5.41, 5.74) is 0. The predicted octanol–water partition coefficient (Wildman–Crippen LogP) is 3.25. The number of unbranched alkanes of at least 4 members (excludes halogenated alkanes) is 3. The molecule has 0 saturated heterocycles. The maximum atomic E-state index is 3.72. The summed E-state index contributed by atoms with van der Waals surface area (Å²) in [4.78, 5) is 0. The zero-order chi connectivity index (χ0) is 7.54. The van der Waals surface area contributed by atoms with Gasteiger partial charge in [-0.1, -0.05) is 33.1 Å². The summed E-state index contributed by atoms with van der Waals surface area (Å²) >= 11 is 0. The van der Waals surface area contributed by atoms with E-state index in [4.69, 9.17) is 0 Å². The summed E-state index contributed by atoms with van der Waals surface area (Å²) in [6.45, 7) is 11.4. The molecule has 0 N–H and O–H groups in total. The molecule has 0 bridgehead atoms. The van der Waals surface area contributed by atoms with Gasteiger partial charge in [0.1, 0.15) is 0 Å². The van der Waals surface area contributed by atoms with Crippen LogP contribution in [0.15, 0.2) is 0 Å². The zero-order valence-electron chi connectivity index (χ0n) is 7.66. The van der Waals surface area contributed by atoms with Gasteiger partial charge in [0.2, 0.25) is 0 Å². The van der Waals surface area contributed by atoms with E-state index in [1.165, 1.54) is 19.3 Å². The molecular formula is C9H20Mg. The summed E-state index contributed by atoms with van der Waals surface area (Å²) in [6.07, 6.45) is 6.07. The minimum absolute atomic E-state index is 0. The van der Waals surface area contributed by atoms with E-state index in [2.05, 4.69) is 20.8 Å². The van der Waals surface area contributed by atoms with Crippen molar-refractivity contribution in [1.82, 2.24) is 0 Å².